The Labute approximate surface area is 119 Å². The van der Waals surface area contributed by atoms with E-state index in [0.717, 1.165) is 17.7 Å². The molecule has 1 N–H and O–H groups in total. The predicted octanol–water partition coefficient (Wildman–Crippen LogP) is 4.16. The molecule has 0 saturated carbocycles. The van der Waals surface area contributed by atoms with Crippen LogP contribution in [-0.4, -0.2) is 11.7 Å². The highest BCUT2D eigenvalue weighted by Crippen LogP contribution is 2.30. The molecule has 1 atom stereocenters. The topological polar surface area (TPSA) is 20.2 Å². The Morgan fingerprint density at radius 3 is 1.95 bits per heavy atom. The lowest BCUT2D eigenvalue weighted by molar-refractivity contribution is -0.137. The van der Waals surface area contributed by atoms with Crippen molar-refractivity contribution in [3.8, 4) is 0 Å². The van der Waals surface area contributed by atoms with Gasteiger partial charge in [-0.2, -0.15) is 13.2 Å². The molecule has 1 unspecified atom stereocenters. The molecule has 1 nitrogen and oxygen atoms in total. The van der Waals surface area contributed by atoms with Gasteiger partial charge >= 0.3 is 6.18 Å². The zero-order valence-corrected chi connectivity index (χ0v) is 11.1. The Balaban J connectivity index is 2.13. The molecule has 0 radical (unpaired) electrons. The van der Waals surface area contributed by atoms with Crippen LogP contribution in [0.15, 0.2) is 48.5 Å². The molecule has 0 aliphatic carbocycles. The lowest BCUT2D eigenvalue weighted by Crippen LogP contribution is -2.09. The Hall–Kier alpha value is -1.88. The summed E-state index contributed by atoms with van der Waals surface area (Å²) in [6, 6.07) is 10.6. The molecule has 0 aliphatic heterocycles. The van der Waals surface area contributed by atoms with Crippen molar-refractivity contribution in [3.05, 3.63) is 71.0 Å². The molecule has 0 heterocycles. The van der Waals surface area contributed by atoms with Crippen molar-refractivity contribution in [1.82, 2.24) is 0 Å². The minimum Gasteiger partial charge on any atom is -0.396 e. The lowest BCUT2D eigenvalue weighted by atomic mass is 9.92. The van der Waals surface area contributed by atoms with Crippen LogP contribution in [0, 0.1) is 5.82 Å². The first-order chi connectivity index (χ1) is 9.90. The first-order valence-corrected chi connectivity index (χ1v) is 6.42. The maximum atomic E-state index is 12.9. The van der Waals surface area contributed by atoms with Crippen LogP contribution >= 0.6 is 0 Å². The molecule has 0 saturated heterocycles. The van der Waals surface area contributed by atoms with E-state index in [4.69, 9.17) is 0 Å². The summed E-state index contributed by atoms with van der Waals surface area (Å²) in [5.41, 5.74) is 0.735. The van der Waals surface area contributed by atoms with E-state index < -0.39 is 11.7 Å². The molecular formula is C16H14F4O. The number of benzene rings is 2. The number of aliphatic hydroxyl groups is 1. The van der Waals surface area contributed by atoms with E-state index in [2.05, 4.69) is 0 Å². The molecule has 2 aromatic carbocycles. The average Bonchev–Trinajstić information content (AvgIpc) is 2.45. The summed E-state index contributed by atoms with van der Waals surface area (Å²) < 4.78 is 50.3. The van der Waals surface area contributed by atoms with Crippen LogP contribution in [0.3, 0.4) is 0 Å². The fourth-order valence-corrected chi connectivity index (χ4v) is 2.14. The summed E-state index contributed by atoms with van der Waals surface area (Å²) in [5.74, 6) is -0.646. The number of alkyl halides is 3. The Morgan fingerprint density at radius 1 is 0.905 bits per heavy atom. The third-order valence-corrected chi connectivity index (χ3v) is 3.33. The van der Waals surface area contributed by atoms with Gasteiger partial charge in [0, 0.05) is 5.92 Å². The molecule has 0 spiro atoms. The van der Waals surface area contributed by atoms with Gasteiger partial charge in [0.1, 0.15) is 5.82 Å². The Kier molecular flexibility index (Phi) is 4.63. The molecule has 0 aromatic heterocycles. The summed E-state index contributed by atoms with van der Waals surface area (Å²) in [6.45, 7) is -0.160. The summed E-state index contributed by atoms with van der Waals surface area (Å²) >= 11 is 0. The van der Waals surface area contributed by atoms with Crippen molar-refractivity contribution in [3.63, 3.8) is 0 Å². The van der Waals surface area contributed by atoms with E-state index in [-0.39, 0.29) is 18.3 Å². The highest BCUT2D eigenvalue weighted by molar-refractivity contribution is 5.28. The van der Waals surface area contributed by atoms with Gasteiger partial charge in [0.15, 0.2) is 0 Å². The molecule has 21 heavy (non-hydrogen) atoms. The van der Waals surface area contributed by atoms with Crippen molar-refractivity contribution < 1.29 is 22.7 Å². The Bertz CT molecular complexity index is 573. The fraction of sp³-hybridized carbons (Fsp3) is 0.250. The van der Waals surface area contributed by atoms with E-state index >= 15 is 0 Å². The molecule has 0 aliphatic rings. The summed E-state index contributed by atoms with van der Waals surface area (Å²) in [4.78, 5) is 0. The van der Waals surface area contributed by atoms with E-state index in [1.165, 1.54) is 24.3 Å². The van der Waals surface area contributed by atoms with Crippen LogP contribution in [0.4, 0.5) is 17.6 Å². The first-order valence-electron chi connectivity index (χ1n) is 6.42. The van der Waals surface area contributed by atoms with E-state index in [1.807, 2.05) is 0 Å². The van der Waals surface area contributed by atoms with E-state index in [0.29, 0.717) is 12.0 Å². The smallest absolute Gasteiger partial charge is 0.396 e. The lowest BCUT2D eigenvalue weighted by Gasteiger charge is -2.15. The first kappa shape index (κ1) is 15.5. The summed E-state index contributed by atoms with van der Waals surface area (Å²) in [7, 11) is 0. The van der Waals surface area contributed by atoms with Crippen molar-refractivity contribution in [2.24, 2.45) is 0 Å². The number of rotatable bonds is 4. The molecule has 2 aromatic rings. The molecule has 0 fully saturated rings. The van der Waals surface area contributed by atoms with Gasteiger partial charge in [0.25, 0.3) is 0 Å². The monoisotopic (exact) mass is 298 g/mol. The third kappa shape index (κ3) is 4.04. The maximum Gasteiger partial charge on any atom is 0.416 e. The van der Waals surface area contributed by atoms with Gasteiger partial charge in [-0.15, -0.1) is 0 Å². The minimum atomic E-state index is -4.36. The molecule has 0 bridgehead atoms. The van der Waals surface area contributed by atoms with E-state index in [1.54, 1.807) is 12.1 Å². The Morgan fingerprint density at radius 2 is 1.48 bits per heavy atom. The van der Waals surface area contributed by atoms with Crippen LogP contribution in [0.5, 0.6) is 0 Å². The number of hydrogen-bond acceptors (Lipinski definition) is 1. The van der Waals surface area contributed by atoms with Crippen LogP contribution in [0.2, 0.25) is 0 Å². The zero-order chi connectivity index (χ0) is 15.5. The van der Waals surface area contributed by atoms with Crippen LogP contribution < -0.4 is 0 Å². The quantitative estimate of drug-likeness (QED) is 0.840. The number of hydrogen-bond donors (Lipinski definition) is 1. The summed E-state index contributed by atoms with van der Waals surface area (Å²) in [5, 5.41) is 9.42. The second-order valence-corrected chi connectivity index (χ2v) is 4.83. The van der Waals surface area contributed by atoms with Gasteiger partial charge < -0.3 is 5.11 Å². The van der Waals surface area contributed by atoms with Gasteiger partial charge in [-0.1, -0.05) is 24.3 Å². The molecular weight excluding hydrogens is 284 g/mol. The largest absolute Gasteiger partial charge is 0.416 e. The van der Waals surface area contributed by atoms with Gasteiger partial charge in [0.2, 0.25) is 0 Å². The van der Waals surface area contributed by atoms with Gasteiger partial charge in [0.05, 0.1) is 12.2 Å². The van der Waals surface area contributed by atoms with E-state index in [9.17, 15) is 22.7 Å². The fourth-order valence-electron chi connectivity index (χ4n) is 2.14. The molecule has 0 amide bonds. The second kappa shape index (κ2) is 6.26. The van der Waals surface area contributed by atoms with Crippen LogP contribution in [-0.2, 0) is 12.6 Å². The third-order valence-electron chi connectivity index (χ3n) is 3.33. The SMILES string of the molecule is OCC(Cc1ccc(C(F)(F)F)cc1)c1ccc(F)cc1. The summed E-state index contributed by atoms with van der Waals surface area (Å²) in [6.07, 6.45) is -3.97. The number of aliphatic hydroxyl groups excluding tert-OH is 1. The van der Waals surface area contributed by atoms with Gasteiger partial charge in [-0.05, 0) is 41.8 Å². The predicted molar refractivity (Wildman–Crippen MR) is 71.4 cm³/mol. The van der Waals surface area contributed by atoms with Crippen LogP contribution in [0.1, 0.15) is 22.6 Å². The van der Waals surface area contributed by atoms with Gasteiger partial charge in [-0.25, -0.2) is 4.39 Å². The highest BCUT2D eigenvalue weighted by Gasteiger charge is 2.30. The normalized spacial score (nSPS) is 13.2. The zero-order valence-electron chi connectivity index (χ0n) is 11.1. The second-order valence-electron chi connectivity index (χ2n) is 4.83. The van der Waals surface area contributed by atoms with Crippen molar-refractivity contribution >= 4 is 0 Å². The van der Waals surface area contributed by atoms with Crippen molar-refractivity contribution in [2.45, 2.75) is 18.5 Å². The average molecular weight is 298 g/mol. The molecule has 112 valence electrons. The number of halogens is 4. The standard InChI is InChI=1S/C16H14F4O/c17-15-7-3-12(4-8-15)13(10-21)9-11-1-5-14(6-2-11)16(18,19)20/h1-8,13,21H,9-10H2. The maximum absolute atomic E-state index is 12.9. The highest BCUT2D eigenvalue weighted by atomic mass is 19.4. The van der Waals surface area contributed by atoms with Crippen LogP contribution in [0.25, 0.3) is 0 Å². The van der Waals surface area contributed by atoms with Crippen molar-refractivity contribution in [2.75, 3.05) is 6.61 Å². The molecule has 2 rings (SSSR count). The minimum absolute atomic E-state index is 0.160. The van der Waals surface area contributed by atoms with Crippen molar-refractivity contribution in [1.29, 1.82) is 0 Å². The molecule has 5 heteroatoms. The van der Waals surface area contributed by atoms with Gasteiger partial charge in [-0.3, -0.25) is 0 Å².